The number of carbonyl (C=O) groups excluding carboxylic acids is 1. The minimum Gasteiger partial charge on any atom is -0.481 e. The summed E-state index contributed by atoms with van der Waals surface area (Å²) >= 11 is 5.88. The lowest BCUT2D eigenvalue weighted by Gasteiger charge is -2.34. The summed E-state index contributed by atoms with van der Waals surface area (Å²) in [6.45, 7) is 0.174. The fourth-order valence-electron chi connectivity index (χ4n) is 1.96. The van der Waals surface area contributed by atoms with Gasteiger partial charge >= 0.3 is 5.97 Å². The maximum Gasteiger partial charge on any atom is 0.305 e. The Labute approximate surface area is 109 Å². The molecule has 0 bridgehead atoms. The highest BCUT2D eigenvalue weighted by Gasteiger charge is 2.31. The van der Waals surface area contributed by atoms with Gasteiger partial charge in [0.05, 0.1) is 19.1 Å². The highest BCUT2D eigenvalue weighted by atomic mass is 35.5. The molecule has 0 saturated carbocycles. The van der Waals surface area contributed by atoms with Gasteiger partial charge in [-0.2, -0.15) is 0 Å². The standard InChI is InChI=1S/C12H12ClNO4/c13-8-2-1-3-9(4-8)14-10(5-12(16)17)6-18-7-11(14)15/h1-4,10H,5-7H2,(H,16,17). The van der Waals surface area contributed by atoms with Crippen LogP contribution in [0.15, 0.2) is 24.3 Å². The molecule has 2 rings (SSSR count). The highest BCUT2D eigenvalue weighted by molar-refractivity contribution is 6.30. The van der Waals surface area contributed by atoms with E-state index >= 15 is 0 Å². The molecular weight excluding hydrogens is 258 g/mol. The Morgan fingerprint density at radius 1 is 1.56 bits per heavy atom. The summed E-state index contributed by atoms with van der Waals surface area (Å²) < 4.78 is 5.09. The van der Waals surface area contributed by atoms with Gasteiger partial charge in [-0.05, 0) is 18.2 Å². The SMILES string of the molecule is O=C(O)CC1COCC(=O)N1c1cccc(Cl)c1. The molecule has 18 heavy (non-hydrogen) atoms. The molecule has 1 N–H and O–H groups in total. The van der Waals surface area contributed by atoms with Crippen LogP contribution in [0.5, 0.6) is 0 Å². The molecule has 1 aliphatic heterocycles. The van der Waals surface area contributed by atoms with Crippen LogP contribution in [0.25, 0.3) is 0 Å². The van der Waals surface area contributed by atoms with Crippen molar-refractivity contribution in [1.82, 2.24) is 0 Å². The van der Waals surface area contributed by atoms with Crippen LogP contribution < -0.4 is 4.90 Å². The third kappa shape index (κ3) is 2.80. The largest absolute Gasteiger partial charge is 0.481 e. The third-order valence-corrected chi connectivity index (χ3v) is 2.90. The molecule has 0 spiro atoms. The Kier molecular flexibility index (Phi) is 3.84. The van der Waals surface area contributed by atoms with Crippen molar-refractivity contribution >= 4 is 29.2 Å². The van der Waals surface area contributed by atoms with Crippen LogP contribution in [0.1, 0.15) is 6.42 Å². The van der Waals surface area contributed by atoms with Gasteiger partial charge in [0, 0.05) is 10.7 Å². The van der Waals surface area contributed by atoms with E-state index in [9.17, 15) is 9.59 Å². The first-order chi connectivity index (χ1) is 8.58. The van der Waals surface area contributed by atoms with Gasteiger partial charge in [-0.1, -0.05) is 17.7 Å². The minimum atomic E-state index is -0.967. The number of nitrogens with zero attached hydrogens (tertiary/aromatic N) is 1. The molecule has 0 aliphatic carbocycles. The average molecular weight is 270 g/mol. The van der Waals surface area contributed by atoms with Gasteiger partial charge in [0.25, 0.3) is 5.91 Å². The second-order valence-corrected chi connectivity index (χ2v) is 4.45. The third-order valence-electron chi connectivity index (χ3n) is 2.67. The number of rotatable bonds is 3. The summed E-state index contributed by atoms with van der Waals surface area (Å²) in [4.78, 5) is 24.1. The highest BCUT2D eigenvalue weighted by Crippen LogP contribution is 2.25. The van der Waals surface area contributed by atoms with Gasteiger partial charge in [-0.15, -0.1) is 0 Å². The molecule has 0 radical (unpaired) electrons. The Morgan fingerprint density at radius 3 is 3.00 bits per heavy atom. The topological polar surface area (TPSA) is 66.8 Å². The zero-order chi connectivity index (χ0) is 13.1. The van der Waals surface area contributed by atoms with Crippen LogP contribution in [0, 0.1) is 0 Å². The van der Waals surface area contributed by atoms with Gasteiger partial charge in [0.2, 0.25) is 0 Å². The number of hydrogen-bond donors (Lipinski definition) is 1. The van der Waals surface area contributed by atoms with Crippen molar-refractivity contribution in [2.24, 2.45) is 0 Å². The van der Waals surface area contributed by atoms with E-state index in [1.807, 2.05) is 0 Å². The number of morpholine rings is 1. The number of halogens is 1. The molecule has 1 fully saturated rings. The molecule has 1 amide bonds. The molecular formula is C12H12ClNO4. The van der Waals surface area contributed by atoms with Crippen molar-refractivity contribution in [3.63, 3.8) is 0 Å². The number of hydrogen-bond acceptors (Lipinski definition) is 3. The first-order valence-electron chi connectivity index (χ1n) is 5.45. The molecule has 1 heterocycles. The van der Waals surface area contributed by atoms with E-state index in [1.165, 1.54) is 4.90 Å². The second-order valence-electron chi connectivity index (χ2n) is 4.01. The van der Waals surface area contributed by atoms with Gasteiger partial charge in [-0.25, -0.2) is 0 Å². The van der Waals surface area contributed by atoms with E-state index < -0.39 is 12.0 Å². The smallest absolute Gasteiger partial charge is 0.305 e. The maximum atomic E-state index is 11.9. The summed E-state index contributed by atoms with van der Waals surface area (Å²) in [6, 6.07) is 6.28. The van der Waals surface area contributed by atoms with Crippen molar-refractivity contribution in [2.75, 3.05) is 18.1 Å². The van der Waals surface area contributed by atoms with E-state index in [0.717, 1.165) is 0 Å². The second kappa shape index (κ2) is 5.37. The first kappa shape index (κ1) is 12.9. The summed E-state index contributed by atoms with van der Waals surface area (Å²) in [5.74, 6) is -1.22. The van der Waals surface area contributed by atoms with Crippen molar-refractivity contribution in [1.29, 1.82) is 0 Å². The van der Waals surface area contributed by atoms with E-state index in [-0.39, 0.29) is 25.5 Å². The number of anilines is 1. The number of ether oxygens (including phenoxy) is 1. The molecule has 1 unspecified atom stereocenters. The van der Waals surface area contributed by atoms with Crippen LogP contribution in [0.3, 0.4) is 0 Å². The van der Waals surface area contributed by atoms with E-state index in [2.05, 4.69) is 0 Å². The van der Waals surface area contributed by atoms with Crippen LogP contribution in [0.4, 0.5) is 5.69 Å². The quantitative estimate of drug-likeness (QED) is 0.904. The normalized spacial score (nSPS) is 19.9. The molecule has 1 aromatic carbocycles. The molecule has 1 aromatic rings. The lowest BCUT2D eigenvalue weighted by Crippen LogP contribution is -2.50. The molecule has 1 aliphatic rings. The van der Waals surface area contributed by atoms with Crippen LogP contribution >= 0.6 is 11.6 Å². The van der Waals surface area contributed by atoms with Crippen molar-refractivity contribution < 1.29 is 19.4 Å². The zero-order valence-electron chi connectivity index (χ0n) is 9.51. The summed E-state index contributed by atoms with van der Waals surface area (Å²) in [6.07, 6.45) is -0.155. The summed E-state index contributed by atoms with van der Waals surface area (Å²) in [7, 11) is 0. The summed E-state index contributed by atoms with van der Waals surface area (Å²) in [5.41, 5.74) is 0.599. The number of amides is 1. The number of carbonyl (C=O) groups is 2. The van der Waals surface area contributed by atoms with Crippen molar-refractivity contribution in [3.8, 4) is 0 Å². The van der Waals surface area contributed by atoms with E-state index in [4.69, 9.17) is 21.4 Å². The van der Waals surface area contributed by atoms with Gasteiger partial charge in [0.1, 0.15) is 6.61 Å². The Bertz CT molecular complexity index is 477. The minimum absolute atomic E-state index is 0.0391. The molecule has 6 heteroatoms. The van der Waals surface area contributed by atoms with E-state index in [1.54, 1.807) is 24.3 Å². The average Bonchev–Trinajstić information content (AvgIpc) is 2.28. The molecule has 5 nitrogen and oxygen atoms in total. The number of benzene rings is 1. The van der Waals surface area contributed by atoms with Crippen molar-refractivity contribution in [2.45, 2.75) is 12.5 Å². The fourth-order valence-corrected chi connectivity index (χ4v) is 2.15. The first-order valence-corrected chi connectivity index (χ1v) is 5.83. The number of carboxylic acid groups (broad SMARTS) is 1. The van der Waals surface area contributed by atoms with Gasteiger partial charge in [-0.3, -0.25) is 9.59 Å². The molecule has 1 saturated heterocycles. The van der Waals surface area contributed by atoms with Crippen LogP contribution in [-0.4, -0.2) is 36.2 Å². The van der Waals surface area contributed by atoms with E-state index in [0.29, 0.717) is 10.7 Å². The maximum absolute atomic E-state index is 11.9. The Morgan fingerprint density at radius 2 is 2.33 bits per heavy atom. The fraction of sp³-hybridized carbons (Fsp3) is 0.333. The molecule has 1 atom stereocenters. The number of aliphatic carboxylic acids is 1. The zero-order valence-corrected chi connectivity index (χ0v) is 10.3. The van der Waals surface area contributed by atoms with Gasteiger partial charge in [0.15, 0.2) is 0 Å². The molecule has 96 valence electrons. The number of carboxylic acids is 1. The Hall–Kier alpha value is -1.59. The lowest BCUT2D eigenvalue weighted by atomic mass is 10.1. The van der Waals surface area contributed by atoms with Crippen molar-refractivity contribution in [3.05, 3.63) is 29.3 Å². The summed E-state index contributed by atoms with van der Waals surface area (Å²) in [5, 5.41) is 9.35. The van der Waals surface area contributed by atoms with Gasteiger partial charge < -0.3 is 14.7 Å². The van der Waals surface area contributed by atoms with Crippen LogP contribution in [0.2, 0.25) is 5.02 Å². The molecule has 0 aromatic heterocycles. The Balaban J connectivity index is 2.29. The predicted octanol–water partition coefficient (Wildman–Crippen LogP) is 1.55. The van der Waals surface area contributed by atoms with Crippen LogP contribution in [-0.2, 0) is 14.3 Å². The predicted molar refractivity (Wildman–Crippen MR) is 65.8 cm³/mol. The lowest BCUT2D eigenvalue weighted by molar-refractivity contribution is -0.138. The monoisotopic (exact) mass is 269 g/mol.